The van der Waals surface area contributed by atoms with E-state index in [0.717, 1.165) is 0 Å². The van der Waals surface area contributed by atoms with E-state index in [1.165, 1.54) is 44.6 Å². The molecule has 0 aliphatic heterocycles. The molecular weight excluding hydrogens is 401 g/mol. The average molecular weight is 419 g/mol. The second-order valence-electron chi connectivity index (χ2n) is 6.75. The molecule has 156 valence electrons. The van der Waals surface area contributed by atoms with Crippen molar-refractivity contribution in [2.24, 2.45) is 0 Å². The summed E-state index contributed by atoms with van der Waals surface area (Å²) in [7, 11) is 3.00. The first-order valence-electron chi connectivity index (χ1n) is 9.35. The van der Waals surface area contributed by atoms with Crippen LogP contribution in [0.3, 0.4) is 0 Å². The predicted molar refractivity (Wildman–Crippen MR) is 115 cm³/mol. The normalized spacial score (nSPS) is 10.7. The van der Waals surface area contributed by atoms with Crippen molar-refractivity contribution >= 4 is 22.6 Å². The van der Waals surface area contributed by atoms with E-state index in [1.54, 1.807) is 36.4 Å². The Morgan fingerprint density at radius 2 is 1.58 bits per heavy atom. The Labute approximate surface area is 176 Å². The van der Waals surface area contributed by atoms with Crippen molar-refractivity contribution in [2.75, 3.05) is 19.5 Å². The van der Waals surface area contributed by atoms with Gasteiger partial charge in [-0.05, 0) is 54.6 Å². The van der Waals surface area contributed by atoms with Crippen LogP contribution in [-0.4, -0.2) is 20.1 Å². The van der Waals surface area contributed by atoms with Crippen LogP contribution in [0.25, 0.3) is 22.3 Å². The summed E-state index contributed by atoms with van der Waals surface area (Å²) in [4.78, 5) is 25.3. The van der Waals surface area contributed by atoms with Crippen molar-refractivity contribution in [3.05, 3.63) is 88.3 Å². The summed E-state index contributed by atoms with van der Waals surface area (Å²) in [5.41, 5.74) is 1.44. The molecule has 0 radical (unpaired) electrons. The molecular formula is C24H18FNO5. The molecule has 1 heterocycles. The molecule has 6 nitrogen and oxygen atoms in total. The number of amides is 1. The average Bonchev–Trinajstić information content (AvgIpc) is 2.79. The molecule has 0 aliphatic carbocycles. The highest BCUT2D eigenvalue weighted by molar-refractivity contribution is 6.05. The molecule has 4 aromatic rings. The second kappa shape index (κ2) is 8.31. The SMILES string of the molecule is COc1cc(OC)cc(C(=O)Nc2ccc3oc(-c4ccc(F)cc4)cc(=O)c3c2)c1. The number of carbonyl (C=O) groups excluding carboxylic acids is 1. The zero-order valence-corrected chi connectivity index (χ0v) is 16.8. The van der Waals surface area contributed by atoms with Gasteiger partial charge in [-0.1, -0.05) is 0 Å². The van der Waals surface area contributed by atoms with Crippen LogP contribution in [0.15, 0.2) is 75.9 Å². The Morgan fingerprint density at radius 1 is 0.903 bits per heavy atom. The molecule has 4 rings (SSSR count). The van der Waals surface area contributed by atoms with E-state index in [4.69, 9.17) is 13.9 Å². The van der Waals surface area contributed by atoms with Crippen molar-refractivity contribution in [3.8, 4) is 22.8 Å². The number of benzene rings is 3. The van der Waals surface area contributed by atoms with E-state index in [2.05, 4.69) is 5.32 Å². The van der Waals surface area contributed by atoms with E-state index in [0.29, 0.717) is 45.0 Å². The Kier molecular flexibility index (Phi) is 5.41. The standard InChI is InChI=1S/C24H18FNO5/c1-29-18-9-15(10-19(12-18)30-2)24(28)26-17-7-8-22-20(11-17)21(27)13-23(31-22)14-3-5-16(25)6-4-14/h3-13H,1-2H3,(H,26,28). The fourth-order valence-corrected chi connectivity index (χ4v) is 3.13. The molecule has 7 heteroatoms. The molecule has 0 saturated carbocycles. The maximum atomic E-state index is 13.1. The maximum Gasteiger partial charge on any atom is 0.255 e. The van der Waals surface area contributed by atoms with Gasteiger partial charge in [0.05, 0.1) is 19.6 Å². The fraction of sp³-hybridized carbons (Fsp3) is 0.0833. The summed E-state index contributed by atoms with van der Waals surface area (Å²) in [5.74, 6) is 0.538. The molecule has 0 atom stereocenters. The van der Waals surface area contributed by atoms with Crippen molar-refractivity contribution in [1.29, 1.82) is 0 Å². The highest BCUT2D eigenvalue weighted by atomic mass is 19.1. The number of halogens is 1. The summed E-state index contributed by atoms with van der Waals surface area (Å²) in [6, 6.07) is 16.6. The second-order valence-corrected chi connectivity index (χ2v) is 6.75. The van der Waals surface area contributed by atoms with E-state index in [1.807, 2.05) is 0 Å². The summed E-state index contributed by atoms with van der Waals surface area (Å²) in [5, 5.41) is 3.07. The monoisotopic (exact) mass is 419 g/mol. The fourth-order valence-electron chi connectivity index (χ4n) is 3.13. The van der Waals surface area contributed by atoms with Gasteiger partial charge >= 0.3 is 0 Å². The van der Waals surface area contributed by atoms with E-state index >= 15 is 0 Å². The Balaban J connectivity index is 1.64. The molecule has 1 aromatic heterocycles. The summed E-state index contributed by atoms with van der Waals surface area (Å²) < 4.78 is 29.3. The first-order valence-corrected chi connectivity index (χ1v) is 9.35. The zero-order valence-electron chi connectivity index (χ0n) is 16.8. The quantitative estimate of drug-likeness (QED) is 0.499. The third-order valence-electron chi connectivity index (χ3n) is 4.73. The van der Waals surface area contributed by atoms with Crippen molar-refractivity contribution < 1.29 is 23.1 Å². The van der Waals surface area contributed by atoms with Crippen LogP contribution < -0.4 is 20.2 Å². The number of nitrogens with one attached hydrogen (secondary N) is 1. The Bertz CT molecular complexity index is 1310. The summed E-state index contributed by atoms with van der Waals surface area (Å²) in [6.07, 6.45) is 0. The molecule has 0 fully saturated rings. The minimum Gasteiger partial charge on any atom is -0.497 e. The molecule has 0 bridgehead atoms. The minimum absolute atomic E-state index is 0.278. The van der Waals surface area contributed by atoms with Crippen LogP contribution in [0.1, 0.15) is 10.4 Å². The smallest absolute Gasteiger partial charge is 0.255 e. The van der Waals surface area contributed by atoms with Gasteiger partial charge in [-0.3, -0.25) is 9.59 Å². The van der Waals surface area contributed by atoms with Crippen LogP contribution in [-0.2, 0) is 0 Å². The highest BCUT2D eigenvalue weighted by Crippen LogP contribution is 2.26. The number of rotatable bonds is 5. The Morgan fingerprint density at radius 3 is 2.23 bits per heavy atom. The van der Waals surface area contributed by atoms with Gasteiger partial charge in [0.25, 0.3) is 5.91 Å². The predicted octanol–water partition coefficient (Wildman–Crippen LogP) is 4.87. The lowest BCUT2D eigenvalue weighted by Gasteiger charge is -2.10. The van der Waals surface area contributed by atoms with Gasteiger partial charge in [-0.25, -0.2) is 4.39 Å². The maximum absolute atomic E-state index is 13.1. The van der Waals surface area contributed by atoms with Crippen molar-refractivity contribution in [2.45, 2.75) is 0 Å². The lowest BCUT2D eigenvalue weighted by atomic mass is 10.1. The van der Waals surface area contributed by atoms with Gasteiger partial charge in [0.2, 0.25) is 0 Å². The van der Waals surface area contributed by atoms with Gasteiger partial charge in [0.1, 0.15) is 28.7 Å². The van der Waals surface area contributed by atoms with Crippen LogP contribution in [0.4, 0.5) is 10.1 Å². The number of hydrogen-bond donors (Lipinski definition) is 1. The third kappa shape index (κ3) is 4.25. The lowest BCUT2D eigenvalue weighted by molar-refractivity contribution is 0.102. The topological polar surface area (TPSA) is 77.8 Å². The number of hydrogen-bond acceptors (Lipinski definition) is 5. The van der Waals surface area contributed by atoms with Crippen LogP contribution in [0.5, 0.6) is 11.5 Å². The molecule has 0 saturated heterocycles. The minimum atomic E-state index is -0.385. The van der Waals surface area contributed by atoms with Crippen molar-refractivity contribution in [3.63, 3.8) is 0 Å². The number of anilines is 1. The first-order chi connectivity index (χ1) is 15.0. The van der Waals surface area contributed by atoms with Crippen LogP contribution >= 0.6 is 0 Å². The van der Waals surface area contributed by atoms with Gasteiger partial charge in [-0.2, -0.15) is 0 Å². The van der Waals surface area contributed by atoms with Crippen LogP contribution in [0, 0.1) is 5.82 Å². The molecule has 1 N–H and O–H groups in total. The molecule has 3 aromatic carbocycles. The van der Waals surface area contributed by atoms with Gasteiger partial charge < -0.3 is 19.2 Å². The largest absolute Gasteiger partial charge is 0.497 e. The summed E-state index contributed by atoms with van der Waals surface area (Å²) in [6.45, 7) is 0. The van der Waals surface area contributed by atoms with E-state index < -0.39 is 0 Å². The van der Waals surface area contributed by atoms with Crippen LogP contribution in [0.2, 0.25) is 0 Å². The number of fused-ring (bicyclic) bond motifs is 1. The molecule has 0 aliphatic rings. The van der Waals surface area contributed by atoms with Gasteiger partial charge in [0, 0.05) is 28.9 Å². The number of carbonyl (C=O) groups is 1. The van der Waals surface area contributed by atoms with E-state index in [9.17, 15) is 14.0 Å². The molecule has 0 unspecified atom stereocenters. The van der Waals surface area contributed by atoms with Crippen molar-refractivity contribution in [1.82, 2.24) is 0 Å². The summed E-state index contributed by atoms with van der Waals surface area (Å²) >= 11 is 0. The highest BCUT2D eigenvalue weighted by Gasteiger charge is 2.12. The zero-order chi connectivity index (χ0) is 22.0. The molecule has 31 heavy (non-hydrogen) atoms. The van der Waals surface area contributed by atoms with Gasteiger partial charge in [-0.15, -0.1) is 0 Å². The molecule has 1 amide bonds. The molecule has 0 spiro atoms. The third-order valence-corrected chi connectivity index (χ3v) is 4.73. The number of ether oxygens (including phenoxy) is 2. The Hall–Kier alpha value is -4.13. The first kappa shape index (κ1) is 20.2. The number of methoxy groups -OCH3 is 2. The van der Waals surface area contributed by atoms with Gasteiger partial charge in [0.15, 0.2) is 5.43 Å². The lowest BCUT2D eigenvalue weighted by Crippen LogP contribution is -2.12. The van der Waals surface area contributed by atoms with E-state index in [-0.39, 0.29) is 17.2 Å².